The molecule has 0 amide bonds. The number of aromatic nitrogens is 3. The third-order valence-electron chi connectivity index (χ3n) is 3.28. The summed E-state index contributed by atoms with van der Waals surface area (Å²) in [4.78, 5) is 23.6. The minimum absolute atomic E-state index is 0.112. The highest BCUT2D eigenvalue weighted by Gasteiger charge is 2.07. The molecule has 19 heavy (non-hydrogen) atoms. The van der Waals surface area contributed by atoms with E-state index < -0.39 is 0 Å². The molecule has 4 heteroatoms. The summed E-state index contributed by atoms with van der Waals surface area (Å²) in [5.74, 6) is 0. The maximum atomic E-state index is 12.0. The molecule has 0 aliphatic carbocycles. The van der Waals surface area contributed by atoms with E-state index in [1.165, 1.54) is 0 Å². The molecule has 0 bridgehead atoms. The van der Waals surface area contributed by atoms with E-state index in [4.69, 9.17) is 0 Å². The van der Waals surface area contributed by atoms with Crippen LogP contribution in [0.3, 0.4) is 0 Å². The Kier molecular flexibility index (Phi) is 1.94. The van der Waals surface area contributed by atoms with Crippen molar-refractivity contribution in [2.24, 2.45) is 0 Å². The number of rotatable bonds is 0. The van der Waals surface area contributed by atoms with Crippen molar-refractivity contribution in [3.63, 3.8) is 0 Å². The fourth-order valence-electron chi connectivity index (χ4n) is 2.39. The van der Waals surface area contributed by atoms with Crippen molar-refractivity contribution in [2.75, 3.05) is 0 Å². The molecule has 4 aromatic rings. The van der Waals surface area contributed by atoms with Gasteiger partial charge < -0.3 is 4.98 Å². The van der Waals surface area contributed by atoms with Crippen LogP contribution in [0.4, 0.5) is 0 Å². The van der Waals surface area contributed by atoms with Crippen molar-refractivity contribution in [1.82, 2.24) is 15.0 Å². The average Bonchev–Trinajstić information content (AvgIpc) is 2.46. The highest BCUT2D eigenvalue weighted by Crippen LogP contribution is 2.22. The highest BCUT2D eigenvalue weighted by atomic mass is 16.1. The van der Waals surface area contributed by atoms with Crippen molar-refractivity contribution in [3.05, 3.63) is 59.0 Å². The van der Waals surface area contributed by atoms with Crippen LogP contribution in [0.5, 0.6) is 0 Å². The van der Waals surface area contributed by atoms with Gasteiger partial charge in [0.15, 0.2) is 0 Å². The van der Waals surface area contributed by atoms with Crippen LogP contribution >= 0.6 is 0 Å². The Morgan fingerprint density at radius 1 is 0.895 bits per heavy atom. The molecular weight excluding hydrogens is 238 g/mol. The first-order valence-corrected chi connectivity index (χ1v) is 5.99. The number of hydrogen-bond acceptors (Lipinski definition) is 3. The summed E-state index contributed by atoms with van der Waals surface area (Å²) in [7, 11) is 0. The van der Waals surface area contributed by atoms with Crippen LogP contribution in [0.2, 0.25) is 0 Å². The SMILES string of the molecule is O=c1[nH]c2nc3cccnc3cc2c2ccccc12. The number of pyridine rings is 3. The number of fused-ring (bicyclic) bond motifs is 4. The molecule has 0 aliphatic heterocycles. The van der Waals surface area contributed by atoms with Crippen molar-refractivity contribution < 1.29 is 0 Å². The lowest BCUT2D eigenvalue weighted by atomic mass is 10.1. The number of nitrogens with one attached hydrogen (secondary N) is 1. The molecule has 0 saturated carbocycles. The van der Waals surface area contributed by atoms with Gasteiger partial charge in [-0.05, 0) is 29.7 Å². The first-order valence-electron chi connectivity index (χ1n) is 5.99. The van der Waals surface area contributed by atoms with Gasteiger partial charge >= 0.3 is 0 Å². The number of H-pyrrole nitrogens is 1. The first kappa shape index (κ1) is 10.2. The normalized spacial score (nSPS) is 11.4. The molecule has 0 aliphatic rings. The molecule has 3 heterocycles. The number of benzene rings is 1. The van der Waals surface area contributed by atoms with E-state index in [-0.39, 0.29) is 5.56 Å². The van der Waals surface area contributed by atoms with Gasteiger partial charge in [-0.1, -0.05) is 18.2 Å². The van der Waals surface area contributed by atoms with E-state index in [2.05, 4.69) is 15.0 Å². The minimum atomic E-state index is -0.112. The van der Waals surface area contributed by atoms with Gasteiger partial charge in [0.05, 0.1) is 11.0 Å². The monoisotopic (exact) mass is 247 g/mol. The molecule has 0 radical (unpaired) electrons. The summed E-state index contributed by atoms with van der Waals surface area (Å²) < 4.78 is 0. The third-order valence-corrected chi connectivity index (χ3v) is 3.28. The lowest BCUT2D eigenvalue weighted by molar-refractivity contribution is 1.27. The zero-order chi connectivity index (χ0) is 12.8. The Morgan fingerprint density at radius 2 is 1.74 bits per heavy atom. The molecule has 0 unspecified atom stereocenters. The predicted molar refractivity (Wildman–Crippen MR) is 75.2 cm³/mol. The fourth-order valence-corrected chi connectivity index (χ4v) is 2.39. The van der Waals surface area contributed by atoms with Crippen LogP contribution in [0.25, 0.3) is 32.8 Å². The smallest absolute Gasteiger partial charge is 0.257 e. The van der Waals surface area contributed by atoms with E-state index in [0.717, 1.165) is 21.8 Å². The second-order valence-electron chi connectivity index (χ2n) is 4.43. The predicted octanol–water partition coefficient (Wildman–Crippen LogP) is 2.62. The quantitative estimate of drug-likeness (QED) is 0.384. The van der Waals surface area contributed by atoms with Crippen molar-refractivity contribution in [1.29, 1.82) is 0 Å². The topological polar surface area (TPSA) is 58.6 Å². The molecule has 1 aromatic carbocycles. The average molecular weight is 247 g/mol. The van der Waals surface area contributed by atoms with E-state index in [9.17, 15) is 4.79 Å². The Morgan fingerprint density at radius 3 is 2.63 bits per heavy atom. The Bertz CT molecular complexity index is 989. The summed E-state index contributed by atoms with van der Waals surface area (Å²) >= 11 is 0. The second-order valence-corrected chi connectivity index (χ2v) is 4.43. The van der Waals surface area contributed by atoms with Gasteiger partial charge in [-0.15, -0.1) is 0 Å². The lowest BCUT2D eigenvalue weighted by Crippen LogP contribution is -2.07. The molecule has 0 spiro atoms. The number of aromatic amines is 1. The third kappa shape index (κ3) is 1.43. The van der Waals surface area contributed by atoms with Crippen molar-refractivity contribution in [3.8, 4) is 0 Å². The zero-order valence-electron chi connectivity index (χ0n) is 9.92. The summed E-state index contributed by atoms with van der Waals surface area (Å²) in [5.41, 5.74) is 2.09. The van der Waals surface area contributed by atoms with Gasteiger partial charge in [-0.25, -0.2) is 4.98 Å². The van der Waals surface area contributed by atoms with E-state index in [1.807, 2.05) is 42.5 Å². The molecule has 3 aromatic heterocycles. The van der Waals surface area contributed by atoms with Crippen LogP contribution < -0.4 is 5.56 Å². The number of nitrogens with zero attached hydrogens (tertiary/aromatic N) is 2. The highest BCUT2D eigenvalue weighted by molar-refractivity contribution is 6.06. The molecular formula is C15H9N3O. The van der Waals surface area contributed by atoms with Crippen molar-refractivity contribution in [2.45, 2.75) is 0 Å². The van der Waals surface area contributed by atoms with E-state index >= 15 is 0 Å². The molecule has 90 valence electrons. The molecule has 1 N–H and O–H groups in total. The summed E-state index contributed by atoms with van der Waals surface area (Å²) in [5, 5.41) is 2.50. The fraction of sp³-hybridized carbons (Fsp3) is 0. The molecule has 0 saturated heterocycles. The molecule has 4 nitrogen and oxygen atoms in total. The Balaban J connectivity index is 2.32. The minimum Gasteiger partial charge on any atom is -0.306 e. The van der Waals surface area contributed by atoms with Crippen LogP contribution in [-0.2, 0) is 0 Å². The van der Waals surface area contributed by atoms with Crippen LogP contribution in [0, 0.1) is 0 Å². The van der Waals surface area contributed by atoms with Gasteiger partial charge in [0.1, 0.15) is 5.65 Å². The molecule has 0 fully saturated rings. The maximum Gasteiger partial charge on any atom is 0.257 e. The van der Waals surface area contributed by atoms with Crippen LogP contribution in [-0.4, -0.2) is 15.0 Å². The second kappa shape index (κ2) is 3.62. The maximum absolute atomic E-state index is 12.0. The summed E-state index contributed by atoms with van der Waals surface area (Å²) in [6.07, 6.45) is 1.74. The zero-order valence-corrected chi connectivity index (χ0v) is 9.92. The van der Waals surface area contributed by atoms with Gasteiger partial charge in [-0.2, -0.15) is 0 Å². The Labute approximate surface area is 107 Å². The largest absolute Gasteiger partial charge is 0.306 e. The molecule has 0 atom stereocenters. The number of hydrogen-bond donors (Lipinski definition) is 1. The van der Waals surface area contributed by atoms with Crippen LogP contribution in [0.15, 0.2) is 53.5 Å². The lowest BCUT2D eigenvalue weighted by Gasteiger charge is -2.04. The van der Waals surface area contributed by atoms with Gasteiger partial charge in [0.2, 0.25) is 0 Å². The standard InChI is InChI=1S/C15H9N3O/c19-15-10-5-2-1-4-9(10)11-8-13-12(6-3-7-16-13)17-14(11)18-15/h1-8H,(H,17,18,19). The first-order chi connectivity index (χ1) is 9.33. The Hall–Kier alpha value is -2.75. The van der Waals surface area contributed by atoms with E-state index in [1.54, 1.807) is 6.20 Å². The van der Waals surface area contributed by atoms with Gasteiger partial charge in [0, 0.05) is 17.0 Å². The van der Waals surface area contributed by atoms with Crippen molar-refractivity contribution >= 4 is 32.8 Å². The summed E-state index contributed by atoms with van der Waals surface area (Å²) in [6, 6.07) is 13.2. The van der Waals surface area contributed by atoms with Gasteiger partial charge in [-0.3, -0.25) is 9.78 Å². The molecule has 4 rings (SSSR count). The van der Waals surface area contributed by atoms with Gasteiger partial charge in [0.25, 0.3) is 5.56 Å². The summed E-state index contributed by atoms with van der Waals surface area (Å²) in [6.45, 7) is 0. The van der Waals surface area contributed by atoms with Crippen LogP contribution in [0.1, 0.15) is 0 Å². The van der Waals surface area contributed by atoms with E-state index in [0.29, 0.717) is 11.0 Å².